The number of fused-ring (bicyclic) bond motifs is 1. The number of anilines is 3. The maximum absolute atomic E-state index is 13.2. The highest BCUT2D eigenvalue weighted by molar-refractivity contribution is 6.04. The Labute approximate surface area is 196 Å². The maximum Gasteiger partial charge on any atom is 0.259 e. The van der Waals surface area contributed by atoms with Crippen molar-refractivity contribution in [3.8, 4) is 0 Å². The van der Waals surface area contributed by atoms with E-state index in [0.717, 1.165) is 18.7 Å². The van der Waals surface area contributed by atoms with Gasteiger partial charge in [-0.05, 0) is 41.5 Å². The summed E-state index contributed by atoms with van der Waals surface area (Å²) < 4.78 is 10.7. The highest BCUT2D eigenvalue weighted by atomic mass is 16.5. The summed E-state index contributed by atoms with van der Waals surface area (Å²) in [4.78, 5) is 41.2. The van der Waals surface area contributed by atoms with E-state index in [0.29, 0.717) is 30.2 Å². The molecule has 2 aromatic carbocycles. The normalized spacial score (nSPS) is 21.4. The Balaban J connectivity index is 1.29. The summed E-state index contributed by atoms with van der Waals surface area (Å²) >= 11 is 0. The molecule has 2 fully saturated rings. The van der Waals surface area contributed by atoms with Gasteiger partial charge in [-0.1, -0.05) is 12.1 Å². The highest BCUT2D eigenvalue weighted by Gasteiger charge is 2.39. The minimum Gasteiger partial charge on any atom is -0.380 e. The lowest BCUT2D eigenvalue weighted by Gasteiger charge is -2.35. The second-order valence-electron chi connectivity index (χ2n) is 8.42. The number of rotatable bonds is 5. The van der Waals surface area contributed by atoms with Crippen LogP contribution in [0.4, 0.5) is 17.1 Å². The zero-order valence-corrected chi connectivity index (χ0v) is 18.5. The smallest absolute Gasteiger partial charge is 0.259 e. The largest absolute Gasteiger partial charge is 0.380 e. The van der Waals surface area contributed by atoms with Gasteiger partial charge in [0.1, 0.15) is 6.61 Å². The van der Waals surface area contributed by atoms with Gasteiger partial charge in [0.2, 0.25) is 0 Å². The SMILES string of the molecule is O=C(Nc1ccc2c(c1)CNC2)C(O)[C@H]1OCCN(c2cccc(N3CCOCC3=O)c2)C1=O. The molecule has 0 spiro atoms. The number of aliphatic hydroxyl groups is 1. The van der Waals surface area contributed by atoms with E-state index >= 15 is 0 Å². The first-order chi connectivity index (χ1) is 16.5. The van der Waals surface area contributed by atoms with E-state index in [1.807, 2.05) is 12.1 Å². The maximum atomic E-state index is 13.2. The van der Waals surface area contributed by atoms with Gasteiger partial charge in [-0.15, -0.1) is 0 Å². The van der Waals surface area contributed by atoms with Crippen molar-refractivity contribution in [2.45, 2.75) is 25.3 Å². The van der Waals surface area contributed by atoms with Crippen LogP contribution in [-0.2, 0) is 36.9 Å². The van der Waals surface area contributed by atoms with E-state index < -0.39 is 24.0 Å². The molecule has 10 nitrogen and oxygen atoms in total. The summed E-state index contributed by atoms with van der Waals surface area (Å²) in [5.74, 6) is -1.37. The second-order valence-corrected chi connectivity index (χ2v) is 8.42. The van der Waals surface area contributed by atoms with Crippen molar-refractivity contribution in [3.05, 3.63) is 53.6 Å². The van der Waals surface area contributed by atoms with Gasteiger partial charge >= 0.3 is 0 Å². The van der Waals surface area contributed by atoms with Crippen LogP contribution in [0.5, 0.6) is 0 Å². The van der Waals surface area contributed by atoms with E-state index in [1.165, 1.54) is 10.5 Å². The molecule has 0 saturated carbocycles. The zero-order valence-electron chi connectivity index (χ0n) is 18.5. The van der Waals surface area contributed by atoms with Gasteiger partial charge in [-0.2, -0.15) is 0 Å². The number of aliphatic hydroxyl groups excluding tert-OH is 1. The van der Waals surface area contributed by atoms with Gasteiger partial charge in [0.15, 0.2) is 12.2 Å². The molecular formula is C24H26N4O6. The molecule has 3 aliphatic heterocycles. The molecule has 34 heavy (non-hydrogen) atoms. The number of carbonyl (C=O) groups is 3. The van der Waals surface area contributed by atoms with E-state index in [-0.39, 0.29) is 25.7 Å². The van der Waals surface area contributed by atoms with Gasteiger partial charge in [-0.25, -0.2) is 0 Å². The Morgan fingerprint density at radius 2 is 1.79 bits per heavy atom. The molecule has 178 valence electrons. The molecule has 0 aliphatic carbocycles. The van der Waals surface area contributed by atoms with E-state index in [2.05, 4.69) is 10.6 Å². The fraction of sp³-hybridized carbons (Fsp3) is 0.375. The van der Waals surface area contributed by atoms with Crippen LogP contribution in [0.15, 0.2) is 42.5 Å². The first kappa shape index (κ1) is 22.5. The number of ether oxygens (including phenoxy) is 2. The first-order valence-electron chi connectivity index (χ1n) is 11.2. The van der Waals surface area contributed by atoms with Crippen LogP contribution in [0.3, 0.4) is 0 Å². The van der Waals surface area contributed by atoms with Crippen LogP contribution in [0, 0.1) is 0 Å². The molecule has 3 amide bonds. The predicted octanol–water partition coefficient (Wildman–Crippen LogP) is 0.384. The number of amides is 3. The summed E-state index contributed by atoms with van der Waals surface area (Å²) in [6.07, 6.45) is -3.01. The van der Waals surface area contributed by atoms with Gasteiger partial charge < -0.3 is 35.0 Å². The van der Waals surface area contributed by atoms with E-state index in [1.54, 1.807) is 35.2 Å². The Kier molecular flexibility index (Phi) is 6.29. The van der Waals surface area contributed by atoms with Crippen molar-refractivity contribution in [2.75, 3.05) is 48.0 Å². The third-order valence-electron chi connectivity index (χ3n) is 6.22. The topological polar surface area (TPSA) is 120 Å². The predicted molar refractivity (Wildman–Crippen MR) is 123 cm³/mol. The van der Waals surface area contributed by atoms with Crippen LogP contribution < -0.4 is 20.4 Å². The summed E-state index contributed by atoms with van der Waals surface area (Å²) in [5.41, 5.74) is 4.03. The van der Waals surface area contributed by atoms with Crippen LogP contribution in [0.25, 0.3) is 0 Å². The molecule has 0 aromatic heterocycles. The fourth-order valence-corrected chi connectivity index (χ4v) is 4.43. The quantitative estimate of drug-likeness (QED) is 0.583. The number of hydrogen-bond acceptors (Lipinski definition) is 7. The number of benzene rings is 2. The van der Waals surface area contributed by atoms with Crippen molar-refractivity contribution in [2.24, 2.45) is 0 Å². The van der Waals surface area contributed by atoms with Crippen molar-refractivity contribution >= 4 is 34.8 Å². The van der Waals surface area contributed by atoms with Crippen LogP contribution in [0.1, 0.15) is 11.1 Å². The molecule has 2 atom stereocenters. The van der Waals surface area contributed by atoms with Gasteiger partial charge in [-0.3, -0.25) is 14.4 Å². The average molecular weight is 466 g/mol. The average Bonchev–Trinajstić information content (AvgIpc) is 3.32. The Bertz CT molecular complexity index is 1120. The number of carbonyl (C=O) groups excluding carboxylic acids is 3. The minimum atomic E-state index is -1.68. The van der Waals surface area contributed by atoms with E-state index in [9.17, 15) is 19.5 Å². The number of nitrogens with one attached hydrogen (secondary N) is 2. The third-order valence-corrected chi connectivity index (χ3v) is 6.22. The Morgan fingerprint density at radius 1 is 1.03 bits per heavy atom. The lowest BCUT2D eigenvalue weighted by Crippen LogP contribution is -2.55. The molecule has 0 bridgehead atoms. The van der Waals surface area contributed by atoms with Gasteiger partial charge in [0.25, 0.3) is 17.7 Å². The third kappa shape index (κ3) is 4.40. The first-order valence-corrected chi connectivity index (χ1v) is 11.2. The van der Waals surface area contributed by atoms with Crippen molar-refractivity contribution in [1.82, 2.24) is 5.32 Å². The monoisotopic (exact) mass is 466 g/mol. The van der Waals surface area contributed by atoms with Crippen LogP contribution in [-0.4, -0.2) is 67.9 Å². The Hall–Kier alpha value is -3.31. The van der Waals surface area contributed by atoms with Crippen molar-refractivity contribution in [3.63, 3.8) is 0 Å². The number of hydrogen-bond donors (Lipinski definition) is 3. The standard InChI is InChI=1S/C24H26N4O6/c29-20-14-33-8-6-27(20)18-2-1-3-19(11-18)28-7-9-34-22(24(28)32)21(30)23(31)26-17-5-4-15-12-25-13-16(15)10-17/h1-5,10-11,21-22,25,30H,6-9,12-14H2,(H,26,31)/t21?,22-/m1/s1. The molecule has 0 radical (unpaired) electrons. The number of morpholine rings is 2. The Morgan fingerprint density at radius 3 is 2.62 bits per heavy atom. The summed E-state index contributed by atoms with van der Waals surface area (Å²) in [5, 5.41) is 16.6. The molecule has 3 aliphatic rings. The van der Waals surface area contributed by atoms with Crippen molar-refractivity contribution in [1.29, 1.82) is 0 Å². The van der Waals surface area contributed by atoms with E-state index in [4.69, 9.17) is 9.47 Å². The van der Waals surface area contributed by atoms with Crippen LogP contribution >= 0.6 is 0 Å². The fourth-order valence-electron chi connectivity index (χ4n) is 4.43. The van der Waals surface area contributed by atoms with Crippen molar-refractivity contribution < 1.29 is 29.0 Å². The second kappa shape index (κ2) is 9.51. The van der Waals surface area contributed by atoms with Gasteiger partial charge in [0, 0.05) is 43.2 Å². The highest BCUT2D eigenvalue weighted by Crippen LogP contribution is 2.27. The minimum absolute atomic E-state index is 0.0187. The molecular weight excluding hydrogens is 440 g/mol. The van der Waals surface area contributed by atoms with Crippen LogP contribution in [0.2, 0.25) is 0 Å². The molecule has 3 N–H and O–H groups in total. The lowest BCUT2D eigenvalue weighted by atomic mass is 10.1. The van der Waals surface area contributed by atoms with Gasteiger partial charge in [0.05, 0.1) is 13.2 Å². The number of nitrogens with zero attached hydrogens (tertiary/aromatic N) is 2. The summed E-state index contributed by atoms with van der Waals surface area (Å²) in [6, 6.07) is 12.6. The molecule has 10 heteroatoms. The molecule has 3 heterocycles. The summed E-state index contributed by atoms with van der Waals surface area (Å²) in [6.45, 7) is 2.82. The molecule has 2 aromatic rings. The summed E-state index contributed by atoms with van der Waals surface area (Å²) in [7, 11) is 0. The molecule has 1 unspecified atom stereocenters. The zero-order chi connectivity index (χ0) is 23.7. The lowest BCUT2D eigenvalue weighted by molar-refractivity contribution is -0.150. The molecule has 2 saturated heterocycles. The molecule has 5 rings (SSSR count).